The molecule has 0 bridgehead atoms. The van der Waals surface area contributed by atoms with Crippen molar-refractivity contribution in [3.8, 4) is 0 Å². The summed E-state index contributed by atoms with van der Waals surface area (Å²) in [6.45, 7) is 13.0. The van der Waals surface area contributed by atoms with Crippen LogP contribution in [0.15, 0.2) is 54.6 Å². The molecule has 0 spiro atoms. The lowest BCUT2D eigenvalue weighted by Gasteiger charge is -2.37. The highest BCUT2D eigenvalue weighted by molar-refractivity contribution is 5.78. The molecule has 1 aromatic heterocycles. The molecule has 2 aromatic carbocycles. The average molecular weight is 420 g/mol. The van der Waals surface area contributed by atoms with Crippen LogP contribution in [-0.2, 0) is 12.1 Å². The number of benzene rings is 2. The van der Waals surface area contributed by atoms with Crippen LogP contribution < -0.4 is 10.6 Å². The molecule has 4 rings (SSSR count). The van der Waals surface area contributed by atoms with Gasteiger partial charge in [-0.25, -0.2) is 4.98 Å². The number of rotatable bonds is 8. The summed E-state index contributed by atoms with van der Waals surface area (Å²) in [5.41, 5.74) is 10.2. The second-order valence-electron chi connectivity index (χ2n) is 9.14. The SMILES string of the molecule is CCn1c(N2CCN(CCCC(N)(c3ccccc3)C(C)C)CC2)nc2ccccc21. The number of imidazole rings is 1. The number of fused-ring (bicyclic) bond motifs is 1. The van der Waals surface area contributed by atoms with E-state index in [1.54, 1.807) is 0 Å². The fraction of sp³-hybridized carbons (Fsp3) is 0.500. The number of piperazine rings is 1. The van der Waals surface area contributed by atoms with Crippen molar-refractivity contribution >= 4 is 17.0 Å². The third kappa shape index (κ3) is 4.48. The average Bonchev–Trinajstić information content (AvgIpc) is 3.18. The third-order valence-electron chi connectivity index (χ3n) is 7.01. The Balaban J connectivity index is 1.34. The maximum atomic E-state index is 6.91. The summed E-state index contributed by atoms with van der Waals surface area (Å²) in [5.74, 6) is 1.53. The summed E-state index contributed by atoms with van der Waals surface area (Å²) in [5, 5.41) is 0. The van der Waals surface area contributed by atoms with Crippen LogP contribution in [0.3, 0.4) is 0 Å². The predicted octanol–water partition coefficient (Wildman–Crippen LogP) is 4.47. The van der Waals surface area contributed by atoms with Crippen LogP contribution in [0.1, 0.15) is 39.2 Å². The topological polar surface area (TPSA) is 50.3 Å². The highest BCUT2D eigenvalue weighted by Crippen LogP contribution is 2.31. The molecule has 1 aliphatic rings. The molecule has 0 saturated carbocycles. The summed E-state index contributed by atoms with van der Waals surface area (Å²) >= 11 is 0. The summed E-state index contributed by atoms with van der Waals surface area (Å²) in [7, 11) is 0. The van der Waals surface area contributed by atoms with Crippen molar-refractivity contribution < 1.29 is 0 Å². The van der Waals surface area contributed by atoms with Crippen LogP contribution >= 0.6 is 0 Å². The Morgan fingerprint density at radius 1 is 0.968 bits per heavy atom. The molecule has 5 nitrogen and oxygen atoms in total. The van der Waals surface area contributed by atoms with Gasteiger partial charge < -0.3 is 15.2 Å². The zero-order valence-corrected chi connectivity index (χ0v) is 19.3. The van der Waals surface area contributed by atoms with E-state index in [-0.39, 0.29) is 5.54 Å². The number of aryl methyl sites for hydroxylation is 1. The van der Waals surface area contributed by atoms with Crippen LogP contribution in [0.4, 0.5) is 5.95 Å². The van der Waals surface area contributed by atoms with Crippen molar-refractivity contribution in [1.29, 1.82) is 0 Å². The van der Waals surface area contributed by atoms with Crippen LogP contribution in [0.5, 0.6) is 0 Å². The van der Waals surface area contributed by atoms with Crippen LogP contribution in [-0.4, -0.2) is 47.2 Å². The number of nitrogens with zero attached hydrogens (tertiary/aromatic N) is 4. The van der Waals surface area contributed by atoms with Gasteiger partial charge in [0.1, 0.15) is 0 Å². The Labute approximate surface area is 186 Å². The van der Waals surface area contributed by atoms with Crippen molar-refractivity contribution in [2.24, 2.45) is 11.7 Å². The Bertz CT molecular complexity index is 972. The molecular formula is C26H37N5. The Morgan fingerprint density at radius 2 is 1.65 bits per heavy atom. The molecule has 1 unspecified atom stereocenters. The molecule has 166 valence electrons. The van der Waals surface area contributed by atoms with Crippen molar-refractivity contribution in [3.05, 3.63) is 60.2 Å². The summed E-state index contributed by atoms with van der Waals surface area (Å²) in [6.07, 6.45) is 2.14. The smallest absolute Gasteiger partial charge is 0.206 e. The number of hydrogen-bond acceptors (Lipinski definition) is 4. The predicted molar refractivity (Wildman–Crippen MR) is 130 cm³/mol. The van der Waals surface area contributed by atoms with Crippen LogP contribution in [0.25, 0.3) is 11.0 Å². The van der Waals surface area contributed by atoms with Crippen molar-refractivity contribution in [2.45, 2.75) is 45.7 Å². The Hall–Kier alpha value is -2.37. The van der Waals surface area contributed by atoms with Crippen molar-refractivity contribution in [3.63, 3.8) is 0 Å². The van der Waals surface area contributed by atoms with E-state index in [1.165, 1.54) is 11.1 Å². The zero-order chi connectivity index (χ0) is 21.8. The maximum Gasteiger partial charge on any atom is 0.206 e. The molecule has 0 amide bonds. The molecular weight excluding hydrogens is 382 g/mol. The van der Waals surface area contributed by atoms with Gasteiger partial charge in [0.05, 0.1) is 11.0 Å². The van der Waals surface area contributed by atoms with E-state index >= 15 is 0 Å². The van der Waals surface area contributed by atoms with Gasteiger partial charge in [0, 0.05) is 38.3 Å². The number of hydrogen-bond donors (Lipinski definition) is 1. The number of nitrogens with two attached hydrogens (primary N) is 1. The fourth-order valence-electron chi connectivity index (χ4n) is 4.90. The van der Waals surface area contributed by atoms with Gasteiger partial charge >= 0.3 is 0 Å². The monoisotopic (exact) mass is 419 g/mol. The molecule has 2 heterocycles. The first-order valence-electron chi connectivity index (χ1n) is 11.8. The van der Waals surface area contributed by atoms with Gasteiger partial charge in [-0.2, -0.15) is 0 Å². The molecule has 1 atom stereocenters. The quantitative estimate of drug-likeness (QED) is 0.585. The lowest BCUT2D eigenvalue weighted by molar-refractivity contribution is 0.223. The molecule has 1 fully saturated rings. The molecule has 1 aliphatic heterocycles. The minimum atomic E-state index is -0.255. The van der Waals surface area contributed by atoms with Crippen molar-refractivity contribution in [1.82, 2.24) is 14.5 Å². The van der Waals surface area contributed by atoms with E-state index in [0.717, 1.165) is 63.6 Å². The van der Waals surface area contributed by atoms with Gasteiger partial charge in [0.2, 0.25) is 5.95 Å². The van der Waals surface area contributed by atoms with Gasteiger partial charge in [0.15, 0.2) is 0 Å². The lowest BCUT2D eigenvalue weighted by atomic mass is 9.77. The lowest BCUT2D eigenvalue weighted by Crippen LogP contribution is -2.48. The van der Waals surface area contributed by atoms with Crippen LogP contribution in [0.2, 0.25) is 0 Å². The molecule has 3 aromatic rings. The molecule has 31 heavy (non-hydrogen) atoms. The normalized spacial score (nSPS) is 17.4. The first kappa shape index (κ1) is 21.8. The first-order valence-corrected chi connectivity index (χ1v) is 11.8. The highest BCUT2D eigenvalue weighted by Gasteiger charge is 2.31. The Morgan fingerprint density at radius 3 is 2.32 bits per heavy atom. The van der Waals surface area contributed by atoms with E-state index < -0.39 is 0 Å². The Kier molecular flexibility index (Phi) is 6.63. The van der Waals surface area contributed by atoms with E-state index in [4.69, 9.17) is 10.7 Å². The van der Waals surface area contributed by atoms with E-state index in [9.17, 15) is 0 Å². The summed E-state index contributed by atoms with van der Waals surface area (Å²) in [4.78, 5) is 9.97. The van der Waals surface area contributed by atoms with E-state index in [0.29, 0.717) is 5.92 Å². The van der Waals surface area contributed by atoms with Crippen molar-refractivity contribution in [2.75, 3.05) is 37.6 Å². The van der Waals surface area contributed by atoms with Gasteiger partial charge in [-0.15, -0.1) is 0 Å². The number of aromatic nitrogens is 2. The summed E-state index contributed by atoms with van der Waals surface area (Å²) < 4.78 is 2.34. The molecule has 1 saturated heterocycles. The minimum absolute atomic E-state index is 0.255. The van der Waals surface area contributed by atoms with Gasteiger partial charge in [-0.05, 0) is 49.9 Å². The fourth-order valence-corrected chi connectivity index (χ4v) is 4.90. The second-order valence-corrected chi connectivity index (χ2v) is 9.14. The highest BCUT2D eigenvalue weighted by atomic mass is 15.4. The van der Waals surface area contributed by atoms with E-state index in [2.05, 4.69) is 89.7 Å². The molecule has 2 N–H and O–H groups in total. The van der Waals surface area contributed by atoms with E-state index in [1.807, 2.05) is 0 Å². The van der Waals surface area contributed by atoms with Crippen LogP contribution in [0, 0.1) is 5.92 Å². The van der Waals surface area contributed by atoms with Gasteiger partial charge in [-0.3, -0.25) is 4.90 Å². The largest absolute Gasteiger partial charge is 0.340 e. The number of para-hydroxylation sites is 2. The standard InChI is InChI=1S/C26H37N5/c1-4-31-24-14-9-8-13-23(24)28-25(31)30-19-17-29(18-20-30)16-10-15-26(27,21(2)3)22-11-6-5-7-12-22/h5-9,11-14,21H,4,10,15-20,27H2,1-3H3. The molecule has 5 heteroatoms. The minimum Gasteiger partial charge on any atom is -0.340 e. The maximum absolute atomic E-state index is 6.91. The second kappa shape index (κ2) is 9.41. The van der Waals surface area contributed by atoms with Gasteiger partial charge in [-0.1, -0.05) is 56.3 Å². The summed E-state index contributed by atoms with van der Waals surface area (Å²) in [6, 6.07) is 19.1. The number of anilines is 1. The first-order chi connectivity index (χ1) is 15.0. The third-order valence-corrected chi connectivity index (χ3v) is 7.01. The zero-order valence-electron chi connectivity index (χ0n) is 19.3. The molecule has 0 aliphatic carbocycles. The molecule has 0 radical (unpaired) electrons. The van der Waals surface area contributed by atoms with Gasteiger partial charge in [0.25, 0.3) is 0 Å².